The first-order valence-corrected chi connectivity index (χ1v) is 14.6. The summed E-state index contributed by atoms with van der Waals surface area (Å²) in [4.78, 5) is 23.2. The largest absolute Gasteiger partial charge is 0.445 e. The molecule has 3 saturated carbocycles. The molecule has 39 heavy (non-hydrogen) atoms. The quantitative estimate of drug-likeness (QED) is 0.344. The summed E-state index contributed by atoms with van der Waals surface area (Å²) in [7, 11) is 0. The van der Waals surface area contributed by atoms with Crippen LogP contribution in [-0.4, -0.2) is 25.3 Å². The highest BCUT2D eigenvalue weighted by Crippen LogP contribution is 2.57. The minimum Gasteiger partial charge on any atom is -0.445 e. The minimum absolute atomic E-state index is 0.291. The molecule has 2 aromatic carbocycles. The molecule has 0 heterocycles. The molecule has 6 nitrogen and oxygen atoms in total. The van der Waals surface area contributed by atoms with E-state index in [-0.39, 0.29) is 12.2 Å². The van der Waals surface area contributed by atoms with Crippen LogP contribution in [-0.2, 0) is 22.7 Å². The predicted octanol–water partition coefficient (Wildman–Crippen LogP) is 7.54. The van der Waals surface area contributed by atoms with Crippen molar-refractivity contribution in [2.45, 2.75) is 77.4 Å². The van der Waals surface area contributed by atoms with Crippen molar-refractivity contribution >= 4 is 12.2 Å². The van der Waals surface area contributed by atoms with Crippen molar-refractivity contribution < 1.29 is 19.1 Å². The highest BCUT2D eigenvalue weighted by Gasteiger charge is 2.44. The predicted molar refractivity (Wildman–Crippen MR) is 154 cm³/mol. The Morgan fingerprint density at radius 2 is 1.13 bits per heavy atom. The van der Waals surface area contributed by atoms with Crippen LogP contribution in [0.25, 0.3) is 0 Å². The fraction of sp³-hybridized carbons (Fsp3) is 0.515. The fourth-order valence-corrected chi connectivity index (χ4v) is 5.46. The van der Waals surface area contributed by atoms with Gasteiger partial charge in [-0.3, -0.25) is 0 Å². The first-order chi connectivity index (χ1) is 19.0. The number of amides is 2. The molecule has 5 rings (SSSR count). The SMILES string of the molecule is C=C1CCC(CNC(=O)OCc2ccccc2)CC1.O=C(NCC1CCC2(CC1)CC2)OCc1ccccc1. The summed E-state index contributed by atoms with van der Waals surface area (Å²) >= 11 is 0. The van der Waals surface area contributed by atoms with E-state index in [1.165, 1.54) is 44.1 Å². The Morgan fingerprint density at radius 3 is 1.56 bits per heavy atom. The number of benzene rings is 2. The normalized spacial score (nSPS) is 18.4. The first kappa shape index (κ1) is 28.7. The molecular weight excluding hydrogens is 488 g/mol. The minimum atomic E-state index is -0.326. The third-order valence-electron chi connectivity index (χ3n) is 8.43. The number of allylic oxidation sites excluding steroid dienone is 1. The van der Waals surface area contributed by atoms with E-state index in [4.69, 9.17) is 9.47 Å². The lowest BCUT2D eigenvalue weighted by molar-refractivity contribution is 0.135. The molecule has 6 heteroatoms. The van der Waals surface area contributed by atoms with Crippen LogP contribution in [0.4, 0.5) is 9.59 Å². The van der Waals surface area contributed by atoms with Crippen LogP contribution in [0.15, 0.2) is 72.8 Å². The van der Waals surface area contributed by atoms with Gasteiger partial charge in [0.1, 0.15) is 13.2 Å². The van der Waals surface area contributed by atoms with Crippen LogP contribution in [0.5, 0.6) is 0 Å². The van der Waals surface area contributed by atoms with E-state index in [9.17, 15) is 9.59 Å². The van der Waals surface area contributed by atoms with Crippen LogP contribution >= 0.6 is 0 Å². The van der Waals surface area contributed by atoms with Gasteiger partial charge in [-0.15, -0.1) is 0 Å². The second kappa shape index (κ2) is 14.8. The van der Waals surface area contributed by atoms with E-state index in [2.05, 4.69) is 17.2 Å². The standard InChI is InChI=1S/C17H23NO2.C16H21NO2/c19-16(20-13-15-4-2-1-3-5-15)18-12-14-6-8-17(9-7-14)10-11-17;1-13-7-9-14(10-8-13)11-17-16(18)19-12-15-5-3-2-4-6-15/h1-5,14H,6-13H2,(H,18,19);2-6,14H,1,7-12H2,(H,17,18). The van der Waals surface area contributed by atoms with Crippen LogP contribution in [0, 0.1) is 17.3 Å². The second-order valence-electron chi connectivity index (χ2n) is 11.5. The Hall–Kier alpha value is -3.28. The van der Waals surface area contributed by atoms with Crippen LogP contribution < -0.4 is 10.6 Å². The van der Waals surface area contributed by atoms with E-state index in [0.29, 0.717) is 31.6 Å². The van der Waals surface area contributed by atoms with Gasteiger partial charge < -0.3 is 20.1 Å². The van der Waals surface area contributed by atoms with Gasteiger partial charge in [0.2, 0.25) is 0 Å². The zero-order valence-corrected chi connectivity index (χ0v) is 23.2. The Labute approximate surface area is 233 Å². The van der Waals surface area contributed by atoms with Crippen molar-refractivity contribution in [3.63, 3.8) is 0 Å². The molecule has 0 bridgehead atoms. The Morgan fingerprint density at radius 1 is 0.692 bits per heavy atom. The van der Waals surface area contributed by atoms with Gasteiger partial charge in [0, 0.05) is 13.1 Å². The molecule has 3 fully saturated rings. The van der Waals surface area contributed by atoms with Gasteiger partial charge in [-0.05, 0) is 92.6 Å². The molecule has 2 aromatic rings. The zero-order valence-electron chi connectivity index (χ0n) is 23.2. The molecule has 2 N–H and O–H groups in total. The number of hydrogen-bond acceptors (Lipinski definition) is 4. The van der Waals surface area contributed by atoms with E-state index < -0.39 is 0 Å². The smallest absolute Gasteiger partial charge is 0.407 e. The van der Waals surface area contributed by atoms with Crippen LogP contribution in [0.3, 0.4) is 0 Å². The Balaban J connectivity index is 0.000000181. The van der Waals surface area contributed by atoms with E-state index in [1.807, 2.05) is 60.7 Å². The van der Waals surface area contributed by atoms with Gasteiger partial charge in [0.05, 0.1) is 0 Å². The molecular formula is C33H44N2O4. The summed E-state index contributed by atoms with van der Waals surface area (Å²) in [6.07, 6.45) is 11.9. The van der Waals surface area contributed by atoms with Gasteiger partial charge in [0.15, 0.2) is 0 Å². The maximum absolute atomic E-state index is 11.7. The average Bonchev–Trinajstić information content (AvgIpc) is 3.74. The number of alkyl carbamates (subject to hydrolysis) is 2. The molecule has 3 aliphatic rings. The number of hydrogen-bond donors (Lipinski definition) is 2. The molecule has 0 atom stereocenters. The van der Waals surface area contributed by atoms with Crippen molar-refractivity contribution in [1.82, 2.24) is 10.6 Å². The van der Waals surface area contributed by atoms with Gasteiger partial charge in [-0.25, -0.2) is 9.59 Å². The molecule has 210 valence electrons. The molecule has 1 spiro atoms. The molecule has 0 saturated heterocycles. The van der Waals surface area contributed by atoms with Gasteiger partial charge >= 0.3 is 12.2 Å². The first-order valence-electron chi connectivity index (χ1n) is 14.6. The maximum atomic E-state index is 11.7. The molecule has 0 unspecified atom stereocenters. The summed E-state index contributed by atoms with van der Waals surface area (Å²) in [6.45, 7) is 6.15. The molecule has 3 aliphatic carbocycles. The third kappa shape index (κ3) is 10.4. The number of ether oxygens (including phenoxy) is 2. The summed E-state index contributed by atoms with van der Waals surface area (Å²) in [5.74, 6) is 1.21. The van der Waals surface area contributed by atoms with Crippen molar-refractivity contribution in [3.8, 4) is 0 Å². The number of nitrogens with one attached hydrogen (secondary N) is 2. The Kier molecular flexibility index (Phi) is 10.9. The third-order valence-corrected chi connectivity index (χ3v) is 8.43. The maximum Gasteiger partial charge on any atom is 0.407 e. The number of carbonyl (C=O) groups excluding carboxylic acids is 2. The topological polar surface area (TPSA) is 76.7 Å². The highest BCUT2D eigenvalue weighted by molar-refractivity contribution is 5.67. The Bertz CT molecular complexity index is 1030. The molecule has 0 radical (unpaired) electrons. The summed E-state index contributed by atoms with van der Waals surface area (Å²) in [5.41, 5.74) is 4.09. The lowest BCUT2D eigenvalue weighted by Crippen LogP contribution is -2.31. The fourth-order valence-electron chi connectivity index (χ4n) is 5.46. The van der Waals surface area contributed by atoms with Crippen molar-refractivity contribution in [2.75, 3.05) is 13.1 Å². The zero-order chi connectivity index (χ0) is 27.3. The highest BCUT2D eigenvalue weighted by atomic mass is 16.6. The van der Waals surface area contributed by atoms with E-state index in [1.54, 1.807) is 0 Å². The monoisotopic (exact) mass is 532 g/mol. The second-order valence-corrected chi connectivity index (χ2v) is 11.5. The number of carbonyl (C=O) groups is 2. The van der Waals surface area contributed by atoms with Crippen molar-refractivity contribution in [3.05, 3.63) is 83.9 Å². The summed E-state index contributed by atoms with van der Waals surface area (Å²) in [5, 5.41) is 5.76. The lowest BCUT2D eigenvalue weighted by atomic mass is 9.80. The van der Waals surface area contributed by atoms with Gasteiger partial charge in [0.25, 0.3) is 0 Å². The van der Waals surface area contributed by atoms with Crippen LogP contribution in [0.1, 0.15) is 75.3 Å². The molecule has 2 amide bonds. The van der Waals surface area contributed by atoms with E-state index in [0.717, 1.165) is 48.8 Å². The average molecular weight is 533 g/mol. The number of rotatable bonds is 8. The van der Waals surface area contributed by atoms with Gasteiger partial charge in [-0.1, -0.05) is 72.8 Å². The van der Waals surface area contributed by atoms with Crippen LogP contribution in [0.2, 0.25) is 0 Å². The summed E-state index contributed by atoms with van der Waals surface area (Å²) < 4.78 is 10.4. The van der Waals surface area contributed by atoms with Crippen molar-refractivity contribution in [1.29, 1.82) is 0 Å². The summed E-state index contributed by atoms with van der Waals surface area (Å²) in [6, 6.07) is 19.5. The lowest BCUT2D eigenvalue weighted by Gasteiger charge is -2.28. The molecule has 0 aliphatic heterocycles. The van der Waals surface area contributed by atoms with Gasteiger partial charge in [-0.2, -0.15) is 0 Å². The van der Waals surface area contributed by atoms with Crippen molar-refractivity contribution in [2.24, 2.45) is 17.3 Å². The van der Waals surface area contributed by atoms with E-state index >= 15 is 0 Å². The molecule has 0 aromatic heterocycles.